The van der Waals surface area contributed by atoms with E-state index in [1.54, 1.807) is 0 Å². The van der Waals surface area contributed by atoms with E-state index in [-0.39, 0.29) is 12.4 Å². The molecule has 0 N–H and O–H groups in total. The van der Waals surface area contributed by atoms with Gasteiger partial charge in [0.05, 0.1) is 5.56 Å². The first-order valence-corrected chi connectivity index (χ1v) is 3.15. The number of rotatable bonds is 2. The third kappa shape index (κ3) is 1.82. The van der Waals surface area contributed by atoms with Gasteiger partial charge in [-0.15, -0.1) is 0 Å². The van der Waals surface area contributed by atoms with Crippen LogP contribution in [-0.4, -0.2) is 11.3 Å². The molecule has 0 bridgehead atoms. The lowest BCUT2D eigenvalue weighted by atomic mass is 10.2. The summed E-state index contributed by atoms with van der Waals surface area (Å²) >= 11 is 0. The molecular formula is C7H3F4NO. The largest absolute Gasteiger partial charge is 0.298 e. The van der Waals surface area contributed by atoms with Crippen LogP contribution in [0.1, 0.15) is 22.5 Å². The molecule has 1 aromatic heterocycles. The lowest BCUT2D eigenvalue weighted by Gasteiger charge is -2.02. The average molecular weight is 193 g/mol. The Morgan fingerprint density at radius 1 is 1.38 bits per heavy atom. The molecule has 6 heteroatoms. The number of halogens is 4. The van der Waals surface area contributed by atoms with Gasteiger partial charge in [-0.3, -0.25) is 4.79 Å². The van der Waals surface area contributed by atoms with Crippen molar-refractivity contribution in [3.05, 3.63) is 29.1 Å². The van der Waals surface area contributed by atoms with Crippen molar-refractivity contribution in [3.63, 3.8) is 0 Å². The van der Waals surface area contributed by atoms with Crippen molar-refractivity contribution in [3.8, 4) is 0 Å². The summed E-state index contributed by atoms with van der Waals surface area (Å²) in [6.45, 7) is 0. The number of hydrogen-bond acceptors (Lipinski definition) is 2. The molecule has 70 valence electrons. The minimum atomic E-state index is -3.18. The zero-order valence-electron chi connectivity index (χ0n) is 6.10. The van der Waals surface area contributed by atoms with Crippen molar-refractivity contribution in [1.82, 2.24) is 4.98 Å². The summed E-state index contributed by atoms with van der Waals surface area (Å²) in [6.07, 6.45) is -3.30. The molecule has 1 aromatic rings. The van der Waals surface area contributed by atoms with E-state index in [1.165, 1.54) is 0 Å². The van der Waals surface area contributed by atoms with Crippen LogP contribution in [0.5, 0.6) is 0 Å². The second kappa shape index (κ2) is 3.51. The number of hydrogen-bond donors (Lipinski definition) is 0. The van der Waals surface area contributed by atoms with Gasteiger partial charge in [-0.25, -0.2) is 18.2 Å². The Balaban J connectivity index is 3.38. The van der Waals surface area contributed by atoms with Crippen molar-refractivity contribution in [2.45, 2.75) is 6.43 Å². The fourth-order valence-corrected chi connectivity index (χ4v) is 0.795. The summed E-state index contributed by atoms with van der Waals surface area (Å²) in [4.78, 5) is 12.8. The maximum Gasteiger partial charge on any atom is 0.281 e. The summed E-state index contributed by atoms with van der Waals surface area (Å²) in [5, 5.41) is 0. The molecule has 0 atom stereocenters. The highest BCUT2D eigenvalue weighted by atomic mass is 19.3. The summed E-state index contributed by atoms with van der Waals surface area (Å²) in [7, 11) is 0. The minimum Gasteiger partial charge on any atom is -0.298 e. The maximum atomic E-state index is 12.6. The predicted octanol–water partition coefficient (Wildman–Crippen LogP) is 2.11. The SMILES string of the molecule is O=Cc1c(F)cc(F)nc1C(F)F. The molecule has 0 saturated heterocycles. The third-order valence-corrected chi connectivity index (χ3v) is 1.33. The molecule has 0 aliphatic carbocycles. The normalized spacial score (nSPS) is 10.5. The van der Waals surface area contributed by atoms with E-state index < -0.39 is 29.4 Å². The Kier molecular flexibility index (Phi) is 2.60. The monoisotopic (exact) mass is 193 g/mol. The molecule has 0 aliphatic heterocycles. The van der Waals surface area contributed by atoms with Gasteiger partial charge in [-0.1, -0.05) is 0 Å². The Hall–Kier alpha value is -1.46. The number of aldehydes is 1. The quantitative estimate of drug-likeness (QED) is 0.409. The van der Waals surface area contributed by atoms with Gasteiger partial charge in [0.15, 0.2) is 6.29 Å². The number of alkyl halides is 2. The molecule has 13 heavy (non-hydrogen) atoms. The van der Waals surface area contributed by atoms with Gasteiger partial charge in [-0.05, 0) is 0 Å². The topological polar surface area (TPSA) is 30.0 Å². The van der Waals surface area contributed by atoms with Gasteiger partial charge in [0.2, 0.25) is 5.95 Å². The number of pyridine rings is 1. The van der Waals surface area contributed by atoms with Crippen LogP contribution in [0.4, 0.5) is 17.6 Å². The summed E-state index contributed by atoms with van der Waals surface area (Å²) in [5.74, 6) is -2.71. The Bertz CT molecular complexity index is 340. The highest BCUT2D eigenvalue weighted by Crippen LogP contribution is 2.21. The molecule has 0 fully saturated rings. The smallest absolute Gasteiger partial charge is 0.281 e. The number of carbonyl (C=O) groups is 1. The second-order valence-corrected chi connectivity index (χ2v) is 2.14. The van der Waals surface area contributed by atoms with Crippen LogP contribution in [0.25, 0.3) is 0 Å². The Morgan fingerprint density at radius 2 is 2.00 bits per heavy atom. The van der Waals surface area contributed by atoms with E-state index in [9.17, 15) is 22.4 Å². The van der Waals surface area contributed by atoms with E-state index in [2.05, 4.69) is 4.98 Å². The fourth-order valence-electron chi connectivity index (χ4n) is 0.795. The van der Waals surface area contributed by atoms with Crippen LogP contribution in [0.3, 0.4) is 0 Å². The Labute approximate surface area is 70.2 Å². The predicted molar refractivity (Wildman–Crippen MR) is 34.5 cm³/mol. The lowest BCUT2D eigenvalue weighted by molar-refractivity contribution is 0.109. The number of nitrogens with zero attached hydrogens (tertiary/aromatic N) is 1. The van der Waals surface area contributed by atoms with Crippen LogP contribution in [-0.2, 0) is 0 Å². The molecule has 0 radical (unpaired) electrons. The molecule has 0 spiro atoms. The molecule has 2 nitrogen and oxygen atoms in total. The summed E-state index contributed by atoms with van der Waals surface area (Å²) in [6, 6.07) is 0.273. The van der Waals surface area contributed by atoms with E-state index in [0.717, 1.165) is 0 Å². The van der Waals surface area contributed by atoms with Gasteiger partial charge in [0.25, 0.3) is 6.43 Å². The lowest BCUT2D eigenvalue weighted by Crippen LogP contribution is -2.03. The van der Waals surface area contributed by atoms with E-state index in [0.29, 0.717) is 0 Å². The zero-order chi connectivity index (χ0) is 10.0. The van der Waals surface area contributed by atoms with Crippen molar-refractivity contribution < 1.29 is 22.4 Å². The number of aromatic nitrogens is 1. The standard InChI is InChI=1S/C7H3F4NO/c8-4-1-5(9)12-6(7(10)11)3(4)2-13/h1-2,7H. The number of carbonyl (C=O) groups excluding carboxylic acids is 1. The van der Waals surface area contributed by atoms with Gasteiger partial charge in [-0.2, -0.15) is 4.39 Å². The maximum absolute atomic E-state index is 12.6. The second-order valence-electron chi connectivity index (χ2n) is 2.14. The highest BCUT2D eigenvalue weighted by molar-refractivity contribution is 5.76. The van der Waals surface area contributed by atoms with E-state index in [4.69, 9.17) is 0 Å². The van der Waals surface area contributed by atoms with E-state index >= 15 is 0 Å². The molecular weight excluding hydrogens is 190 g/mol. The van der Waals surface area contributed by atoms with Crippen LogP contribution >= 0.6 is 0 Å². The third-order valence-electron chi connectivity index (χ3n) is 1.33. The average Bonchev–Trinajstić information content (AvgIpc) is 2.02. The summed E-state index contributed by atoms with van der Waals surface area (Å²) < 4.78 is 49.0. The fraction of sp³-hybridized carbons (Fsp3) is 0.143. The van der Waals surface area contributed by atoms with Crippen molar-refractivity contribution in [2.24, 2.45) is 0 Å². The van der Waals surface area contributed by atoms with E-state index in [1.807, 2.05) is 0 Å². The molecule has 0 saturated carbocycles. The molecule has 0 amide bonds. The van der Waals surface area contributed by atoms with Crippen LogP contribution in [0, 0.1) is 11.8 Å². The van der Waals surface area contributed by atoms with Gasteiger partial charge < -0.3 is 0 Å². The van der Waals surface area contributed by atoms with Crippen LogP contribution in [0.2, 0.25) is 0 Å². The van der Waals surface area contributed by atoms with Crippen molar-refractivity contribution in [1.29, 1.82) is 0 Å². The van der Waals surface area contributed by atoms with Crippen LogP contribution < -0.4 is 0 Å². The molecule has 0 unspecified atom stereocenters. The van der Waals surface area contributed by atoms with Crippen molar-refractivity contribution >= 4 is 6.29 Å². The first-order chi connectivity index (χ1) is 6.06. The first kappa shape index (κ1) is 9.63. The highest BCUT2D eigenvalue weighted by Gasteiger charge is 2.19. The summed E-state index contributed by atoms with van der Waals surface area (Å²) in [5.41, 5.74) is -2.08. The zero-order valence-corrected chi connectivity index (χ0v) is 6.10. The minimum absolute atomic E-state index is 0.122. The first-order valence-electron chi connectivity index (χ1n) is 3.15. The molecule has 1 rings (SSSR count). The Morgan fingerprint density at radius 3 is 2.46 bits per heavy atom. The molecule has 0 aliphatic rings. The van der Waals surface area contributed by atoms with Gasteiger partial charge in [0.1, 0.15) is 11.5 Å². The van der Waals surface area contributed by atoms with Gasteiger partial charge >= 0.3 is 0 Å². The molecule has 0 aromatic carbocycles. The van der Waals surface area contributed by atoms with Gasteiger partial charge in [0, 0.05) is 6.07 Å². The van der Waals surface area contributed by atoms with Crippen molar-refractivity contribution in [2.75, 3.05) is 0 Å². The van der Waals surface area contributed by atoms with Crippen LogP contribution in [0.15, 0.2) is 6.07 Å². The molecule has 1 heterocycles.